The summed E-state index contributed by atoms with van der Waals surface area (Å²) in [5.74, 6) is 3.98. The Morgan fingerprint density at radius 1 is 1.35 bits per heavy atom. The van der Waals surface area contributed by atoms with Crippen LogP contribution in [0.3, 0.4) is 0 Å². The van der Waals surface area contributed by atoms with Crippen molar-refractivity contribution >= 4 is 37.4 Å². The Morgan fingerprint density at radius 2 is 2.00 bits per heavy atom. The zero-order chi connectivity index (χ0) is 14.8. The molecule has 2 rings (SSSR count). The van der Waals surface area contributed by atoms with Crippen LogP contribution in [0.5, 0.6) is 0 Å². The van der Waals surface area contributed by atoms with E-state index in [9.17, 15) is 4.79 Å². The standard InChI is InChI=1S/C16H26OS2Si/c1-5-7-12-10-15(20(2,3)4)14(17)11-13(12)16-18-8-6-9-19-16/h5,10,12-13,16H,1,6-9,11H2,2-4H3/t12-,13-/m1/s1. The molecule has 0 aromatic rings. The Kier molecular flexibility index (Phi) is 5.66. The van der Waals surface area contributed by atoms with Gasteiger partial charge in [-0.05, 0) is 41.4 Å². The minimum absolute atomic E-state index is 0.432. The molecule has 0 N–H and O–H groups in total. The minimum Gasteiger partial charge on any atom is -0.295 e. The molecule has 2 aliphatic rings. The largest absolute Gasteiger partial charge is 0.295 e. The lowest BCUT2D eigenvalue weighted by atomic mass is 9.82. The van der Waals surface area contributed by atoms with Gasteiger partial charge in [-0.1, -0.05) is 31.8 Å². The van der Waals surface area contributed by atoms with Gasteiger partial charge < -0.3 is 0 Å². The van der Waals surface area contributed by atoms with Crippen LogP contribution in [0.4, 0.5) is 0 Å². The molecule has 112 valence electrons. The second kappa shape index (κ2) is 6.88. The van der Waals surface area contributed by atoms with Crippen LogP contribution < -0.4 is 0 Å². The molecule has 0 bridgehead atoms. The van der Waals surface area contributed by atoms with Crippen molar-refractivity contribution in [2.75, 3.05) is 11.5 Å². The smallest absolute Gasteiger partial charge is 0.154 e. The second-order valence-corrected chi connectivity index (χ2v) is 14.6. The highest BCUT2D eigenvalue weighted by molar-refractivity contribution is 8.17. The van der Waals surface area contributed by atoms with E-state index in [1.54, 1.807) is 0 Å². The number of carbonyl (C=O) groups is 1. The van der Waals surface area contributed by atoms with Crippen LogP contribution in [-0.4, -0.2) is 29.9 Å². The lowest BCUT2D eigenvalue weighted by Gasteiger charge is -2.38. The molecule has 0 spiro atoms. The van der Waals surface area contributed by atoms with Gasteiger partial charge >= 0.3 is 0 Å². The Morgan fingerprint density at radius 3 is 2.55 bits per heavy atom. The molecule has 0 unspecified atom stereocenters. The zero-order valence-corrected chi connectivity index (χ0v) is 15.5. The van der Waals surface area contributed by atoms with Gasteiger partial charge in [-0.3, -0.25) is 4.79 Å². The fourth-order valence-electron chi connectivity index (χ4n) is 3.06. The maximum atomic E-state index is 12.6. The number of hydrogen-bond acceptors (Lipinski definition) is 3. The molecular formula is C16H26OS2Si. The first kappa shape index (κ1) is 16.4. The Bertz CT molecular complexity index is 405. The van der Waals surface area contributed by atoms with E-state index in [0.29, 0.717) is 22.2 Å². The molecule has 4 heteroatoms. The lowest BCUT2D eigenvalue weighted by Crippen LogP contribution is -2.38. The third kappa shape index (κ3) is 3.83. The van der Waals surface area contributed by atoms with Gasteiger partial charge in [0.2, 0.25) is 0 Å². The maximum Gasteiger partial charge on any atom is 0.154 e. The zero-order valence-electron chi connectivity index (χ0n) is 12.9. The van der Waals surface area contributed by atoms with Gasteiger partial charge in [0.1, 0.15) is 0 Å². The number of hydrogen-bond donors (Lipinski definition) is 0. The predicted octanol–water partition coefficient (Wildman–Crippen LogP) is 4.77. The van der Waals surface area contributed by atoms with Crippen LogP contribution in [0.2, 0.25) is 19.6 Å². The summed E-state index contributed by atoms with van der Waals surface area (Å²) in [4.78, 5) is 12.6. The SMILES string of the molecule is C=CC[C@@H]1C=C([Si](C)(C)C)C(=O)C[C@H]1C1SCCCS1. The number of thioether (sulfide) groups is 2. The first-order valence-corrected chi connectivity index (χ1v) is 13.1. The predicted molar refractivity (Wildman–Crippen MR) is 96.2 cm³/mol. The van der Waals surface area contributed by atoms with Gasteiger partial charge in [0.25, 0.3) is 0 Å². The van der Waals surface area contributed by atoms with E-state index in [0.717, 1.165) is 12.8 Å². The third-order valence-corrected chi connectivity index (χ3v) is 9.38. The third-order valence-electron chi connectivity index (χ3n) is 4.10. The summed E-state index contributed by atoms with van der Waals surface area (Å²) >= 11 is 4.14. The number of Topliss-reactive ketones (excluding diaryl/α,β-unsaturated/α-hetero) is 1. The van der Waals surface area contributed by atoms with Crippen LogP contribution in [0.25, 0.3) is 0 Å². The summed E-state index contributed by atoms with van der Waals surface area (Å²) < 4.78 is 0.608. The van der Waals surface area contributed by atoms with Crippen LogP contribution in [0, 0.1) is 11.8 Å². The highest BCUT2D eigenvalue weighted by Gasteiger charge is 2.39. The maximum absolute atomic E-state index is 12.6. The highest BCUT2D eigenvalue weighted by atomic mass is 32.2. The number of ketones is 1. The Hall–Kier alpha value is 0.0669. The molecule has 0 radical (unpaired) electrons. The molecule has 0 amide bonds. The van der Waals surface area contributed by atoms with Crippen LogP contribution in [-0.2, 0) is 4.79 Å². The molecule has 20 heavy (non-hydrogen) atoms. The van der Waals surface area contributed by atoms with Gasteiger partial charge in [-0.2, -0.15) is 0 Å². The van der Waals surface area contributed by atoms with Gasteiger partial charge in [-0.15, -0.1) is 30.1 Å². The summed E-state index contributed by atoms with van der Waals surface area (Å²) in [6, 6.07) is 0. The molecule has 1 saturated heterocycles. The molecule has 1 nitrogen and oxygen atoms in total. The molecule has 1 heterocycles. The summed E-state index contributed by atoms with van der Waals surface area (Å²) in [7, 11) is -1.51. The monoisotopic (exact) mass is 326 g/mol. The number of rotatable bonds is 4. The summed E-state index contributed by atoms with van der Waals surface area (Å²) in [5.41, 5.74) is 0. The van der Waals surface area contributed by atoms with Crippen LogP contribution in [0.1, 0.15) is 19.3 Å². The molecular weight excluding hydrogens is 300 g/mol. The van der Waals surface area contributed by atoms with Crippen molar-refractivity contribution in [3.05, 3.63) is 23.9 Å². The van der Waals surface area contributed by atoms with Crippen molar-refractivity contribution in [1.29, 1.82) is 0 Å². The number of allylic oxidation sites excluding steroid dienone is 3. The first-order chi connectivity index (χ1) is 9.43. The fraction of sp³-hybridized carbons (Fsp3) is 0.688. The Labute approximate surface area is 133 Å². The summed E-state index contributed by atoms with van der Waals surface area (Å²) in [6.45, 7) is 10.8. The number of carbonyl (C=O) groups excluding carboxylic acids is 1. The van der Waals surface area contributed by atoms with Gasteiger partial charge in [0, 0.05) is 6.42 Å². The fourth-order valence-corrected chi connectivity index (χ4v) is 8.04. The van der Waals surface area contributed by atoms with E-state index in [1.165, 1.54) is 23.1 Å². The van der Waals surface area contributed by atoms with Gasteiger partial charge in [0.15, 0.2) is 5.78 Å². The van der Waals surface area contributed by atoms with E-state index < -0.39 is 8.07 Å². The molecule has 0 aromatic heterocycles. The van der Waals surface area contributed by atoms with Crippen molar-refractivity contribution in [1.82, 2.24) is 0 Å². The van der Waals surface area contributed by atoms with Crippen LogP contribution in [0.15, 0.2) is 23.9 Å². The van der Waals surface area contributed by atoms with E-state index in [2.05, 4.69) is 55.8 Å². The minimum atomic E-state index is -1.51. The molecule has 1 aliphatic heterocycles. The van der Waals surface area contributed by atoms with Crippen LogP contribution >= 0.6 is 23.5 Å². The van der Waals surface area contributed by atoms with Crippen molar-refractivity contribution in [2.45, 2.75) is 43.5 Å². The van der Waals surface area contributed by atoms with Gasteiger partial charge in [-0.25, -0.2) is 0 Å². The van der Waals surface area contributed by atoms with E-state index in [-0.39, 0.29) is 0 Å². The van der Waals surface area contributed by atoms with Crippen molar-refractivity contribution in [2.24, 2.45) is 11.8 Å². The normalized spacial score (nSPS) is 29.1. The molecule has 0 saturated carbocycles. The molecule has 1 aliphatic carbocycles. The quantitative estimate of drug-likeness (QED) is 0.547. The van der Waals surface area contributed by atoms with Crippen molar-refractivity contribution < 1.29 is 4.79 Å². The van der Waals surface area contributed by atoms with E-state index in [1.807, 2.05) is 6.08 Å². The second-order valence-electron chi connectivity index (χ2n) is 6.77. The van der Waals surface area contributed by atoms with E-state index in [4.69, 9.17) is 0 Å². The Balaban J connectivity index is 2.23. The molecule has 1 fully saturated rings. The van der Waals surface area contributed by atoms with E-state index >= 15 is 0 Å². The summed E-state index contributed by atoms with van der Waals surface area (Å²) in [6.07, 6.45) is 7.46. The molecule has 2 atom stereocenters. The van der Waals surface area contributed by atoms with Crippen molar-refractivity contribution in [3.8, 4) is 0 Å². The summed E-state index contributed by atoms with van der Waals surface area (Å²) in [5, 5.41) is 1.17. The topological polar surface area (TPSA) is 17.1 Å². The lowest BCUT2D eigenvalue weighted by molar-refractivity contribution is -0.116. The molecule has 0 aromatic carbocycles. The average Bonchev–Trinajstić information content (AvgIpc) is 2.40. The van der Waals surface area contributed by atoms with Crippen molar-refractivity contribution in [3.63, 3.8) is 0 Å². The highest BCUT2D eigenvalue weighted by Crippen LogP contribution is 2.45. The first-order valence-electron chi connectivity index (χ1n) is 7.53. The average molecular weight is 327 g/mol. The van der Waals surface area contributed by atoms with Gasteiger partial charge in [0.05, 0.1) is 12.7 Å².